The zero-order chi connectivity index (χ0) is 11.6. The lowest BCUT2D eigenvalue weighted by atomic mass is 9.99. The van der Waals surface area contributed by atoms with E-state index in [0.717, 1.165) is 11.1 Å². The molecule has 0 unspecified atom stereocenters. The van der Waals surface area contributed by atoms with Gasteiger partial charge in [0.2, 0.25) is 5.79 Å². The summed E-state index contributed by atoms with van der Waals surface area (Å²) >= 11 is 0. The largest absolute Gasteiger partial charge is 0.340 e. The minimum Gasteiger partial charge on any atom is -0.340 e. The molecular weight excluding hydrogens is 214 g/mol. The molecule has 3 heteroatoms. The van der Waals surface area contributed by atoms with Gasteiger partial charge < -0.3 is 9.47 Å². The molecule has 3 rings (SSSR count). The number of hydrogen-bond donors (Lipinski definition) is 0. The first-order valence-corrected chi connectivity index (χ1v) is 5.66. The maximum absolute atomic E-state index is 5.85. The Kier molecular flexibility index (Phi) is 2.63. The van der Waals surface area contributed by atoms with Crippen LogP contribution in [-0.2, 0) is 15.3 Å². The number of ether oxygens (including phenoxy) is 2. The van der Waals surface area contributed by atoms with Crippen molar-refractivity contribution in [2.45, 2.75) is 5.79 Å². The fourth-order valence-corrected chi connectivity index (χ4v) is 2.13. The molecule has 17 heavy (non-hydrogen) atoms. The van der Waals surface area contributed by atoms with E-state index in [2.05, 4.69) is 4.98 Å². The summed E-state index contributed by atoms with van der Waals surface area (Å²) in [5.74, 6) is -0.782. The van der Waals surface area contributed by atoms with E-state index < -0.39 is 5.79 Å². The number of rotatable bonds is 2. The Morgan fingerprint density at radius 1 is 0.882 bits per heavy atom. The van der Waals surface area contributed by atoms with Crippen LogP contribution in [0.15, 0.2) is 54.9 Å². The monoisotopic (exact) mass is 227 g/mol. The Hall–Kier alpha value is -1.71. The summed E-state index contributed by atoms with van der Waals surface area (Å²) in [6.45, 7) is 1.20. The fraction of sp³-hybridized carbons (Fsp3) is 0.214. The summed E-state index contributed by atoms with van der Waals surface area (Å²) in [6, 6.07) is 13.8. The Morgan fingerprint density at radius 3 is 2.24 bits per heavy atom. The van der Waals surface area contributed by atoms with Crippen molar-refractivity contribution in [3.63, 3.8) is 0 Å². The summed E-state index contributed by atoms with van der Waals surface area (Å²) in [5, 5.41) is 0. The third-order valence-electron chi connectivity index (χ3n) is 2.89. The predicted molar refractivity (Wildman–Crippen MR) is 63.4 cm³/mol. The van der Waals surface area contributed by atoms with E-state index >= 15 is 0 Å². The van der Waals surface area contributed by atoms with E-state index in [1.54, 1.807) is 12.4 Å². The normalized spacial score (nSPS) is 18.1. The van der Waals surface area contributed by atoms with E-state index in [0.29, 0.717) is 13.2 Å². The van der Waals surface area contributed by atoms with Crippen molar-refractivity contribution in [1.29, 1.82) is 0 Å². The molecule has 0 radical (unpaired) electrons. The quantitative estimate of drug-likeness (QED) is 0.789. The highest BCUT2D eigenvalue weighted by molar-refractivity contribution is 5.32. The standard InChI is InChI=1S/C14H13NO2/c1-2-5-12(6-3-1)14(16-9-10-17-14)13-7-4-8-15-11-13/h1-8,11H,9-10H2. The number of pyridine rings is 1. The minimum absolute atomic E-state index is 0.601. The van der Waals surface area contributed by atoms with Gasteiger partial charge in [-0.25, -0.2) is 0 Å². The summed E-state index contributed by atoms with van der Waals surface area (Å²) in [6.07, 6.45) is 3.54. The second kappa shape index (κ2) is 4.28. The van der Waals surface area contributed by atoms with Crippen molar-refractivity contribution < 1.29 is 9.47 Å². The lowest BCUT2D eigenvalue weighted by Crippen LogP contribution is -2.28. The van der Waals surface area contributed by atoms with Gasteiger partial charge in [0.1, 0.15) is 0 Å². The van der Waals surface area contributed by atoms with Gasteiger partial charge in [-0.2, -0.15) is 0 Å². The fourth-order valence-electron chi connectivity index (χ4n) is 2.13. The predicted octanol–water partition coefficient (Wildman–Crippen LogP) is 2.33. The summed E-state index contributed by atoms with van der Waals surface area (Å²) < 4.78 is 11.7. The van der Waals surface area contributed by atoms with Gasteiger partial charge in [0.15, 0.2) is 0 Å². The molecule has 1 aliphatic heterocycles. The minimum atomic E-state index is -0.782. The molecule has 0 saturated carbocycles. The van der Waals surface area contributed by atoms with Crippen molar-refractivity contribution in [2.24, 2.45) is 0 Å². The zero-order valence-electron chi connectivity index (χ0n) is 9.37. The molecule has 2 aromatic rings. The molecule has 0 amide bonds. The molecule has 0 atom stereocenters. The molecule has 0 spiro atoms. The van der Waals surface area contributed by atoms with E-state index in [9.17, 15) is 0 Å². The molecule has 3 nitrogen and oxygen atoms in total. The molecule has 86 valence electrons. The zero-order valence-corrected chi connectivity index (χ0v) is 9.37. The van der Waals surface area contributed by atoms with Gasteiger partial charge in [0, 0.05) is 23.5 Å². The maximum Gasteiger partial charge on any atom is 0.224 e. The molecule has 0 N–H and O–H groups in total. The van der Waals surface area contributed by atoms with Crippen LogP contribution in [0.4, 0.5) is 0 Å². The van der Waals surface area contributed by atoms with Gasteiger partial charge in [-0.05, 0) is 6.07 Å². The number of nitrogens with zero attached hydrogens (tertiary/aromatic N) is 1. The summed E-state index contributed by atoms with van der Waals surface area (Å²) in [4.78, 5) is 4.14. The van der Waals surface area contributed by atoms with Crippen LogP contribution in [-0.4, -0.2) is 18.2 Å². The summed E-state index contributed by atoms with van der Waals surface area (Å²) in [7, 11) is 0. The average molecular weight is 227 g/mol. The van der Waals surface area contributed by atoms with Crippen LogP contribution in [0.25, 0.3) is 0 Å². The van der Waals surface area contributed by atoms with Crippen LogP contribution >= 0.6 is 0 Å². The molecular formula is C14H13NO2. The van der Waals surface area contributed by atoms with Gasteiger partial charge in [-0.1, -0.05) is 36.4 Å². The SMILES string of the molecule is c1ccc(C2(c3cccnc3)OCCO2)cc1. The van der Waals surface area contributed by atoms with Crippen LogP contribution in [0.2, 0.25) is 0 Å². The van der Waals surface area contributed by atoms with E-state index in [-0.39, 0.29) is 0 Å². The van der Waals surface area contributed by atoms with Crippen LogP contribution in [0.3, 0.4) is 0 Å². The van der Waals surface area contributed by atoms with Gasteiger partial charge >= 0.3 is 0 Å². The number of aromatic nitrogens is 1. The maximum atomic E-state index is 5.85. The Labute approximate surface area is 100 Å². The van der Waals surface area contributed by atoms with Crippen molar-refractivity contribution in [3.8, 4) is 0 Å². The Bertz CT molecular complexity index is 437. The first kappa shape index (κ1) is 10.4. The molecule has 1 fully saturated rings. The number of benzene rings is 1. The number of hydrogen-bond acceptors (Lipinski definition) is 3. The molecule has 1 saturated heterocycles. The van der Waals surface area contributed by atoms with Crippen LogP contribution in [0.5, 0.6) is 0 Å². The smallest absolute Gasteiger partial charge is 0.224 e. The van der Waals surface area contributed by atoms with Crippen molar-refractivity contribution in [2.75, 3.05) is 13.2 Å². The average Bonchev–Trinajstić information content (AvgIpc) is 2.91. The van der Waals surface area contributed by atoms with Crippen molar-refractivity contribution >= 4 is 0 Å². The van der Waals surface area contributed by atoms with Gasteiger partial charge in [-0.15, -0.1) is 0 Å². The first-order chi connectivity index (χ1) is 8.42. The third-order valence-corrected chi connectivity index (χ3v) is 2.89. The molecule has 0 aliphatic carbocycles. The van der Waals surface area contributed by atoms with Crippen LogP contribution < -0.4 is 0 Å². The highest BCUT2D eigenvalue weighted by Gasteiger charge is 2.40. The Morgan fingerprint density at radius 2 is 1.59 bits per heavy atom. The topological polar surface area (TPSA) is 31.4 Å². The lowest BCUT2D eigenvalue weighted by Gasteiger charge is -2.27. The second-order valence-electron chi connectivity index (χ2n) is 3.92. The summed E-state index contributed by atoms with van der Waals surface area (Å²) in [5.41, 5.74) is 1.94. The van der Waals surface area contributed by atoms with Crippen molar-refractivity contribution in [3.05, 3.63) is 66.0 Å². The molecule has 2 heterocycles. The molecule has 1 aromatic heterocycles. The van der Waals surface area contributed by atoms with Gasteiger partial charge in [0.25, 0.3) is 0 Å². The first-order valence-electron chi connectivity index (χ1n) is 5.66. The molecule has 1 aromatic carbocycles. The van der Waals surface area contributed by atoms with E-state index in [4.69, 9.17) is 9.47 Å². The van der Waals surface area contributed by atoms with E-state index in [1.165, 1.54) is 0 Å². The van der Waals surface area contributed by atoms with Gasteiger partial charge in [0.05, 0.1) is 13.2 Å². The van der Waals surface area contributed by atoms with Crippen molar-refractivity contribution in [1.82, 2.24) is 4.98 Å². The van der Waals surface area contributed by atoms with Crippen LogP contribution in [0, 0.1) is 0 Å². The Balaban J connectivity index is 2.11. The molecule has 1 aliphatic rings. The van der Waals surface area contributed by atoms with Gasteiger partial charge in [-0.3, -0.25) is 4.98 Å². The van der Waals surface area contributed by atoms with E-state index in [1.807, 2.05) is 42.5 Å². The highest BCUT2D eigenvalue weighted by atomic mass is 16.7. The lowest BCUT2D eigenvalue weighted by molar-refractivity contribution is -0.130. The highest BCUT2D eigenvalue weighted by Crippen LogP contribution is 2.37. The third kappa shape index (κ3) is 1.73. The molecule has 0 bridgehead atoms. The second-order valence-corrected chi connectivity index (χ2v) is 3.92. The van der Waals surface area contributed by atoms with Crippen LogP contribution in [0.1, 0.15) is 11.1 Å².